The zero-order valence-corrected chi connectivity index (χ0v) is 20.4. The third-order valence-corrected chi connectivity index (χ3v) is 5.76. The molecule has 178 valence electrons. The van der Waals surface area contributed by atoms with E-state index in [1.807, 2.05) is 44.2 Å². The molecular weight excluding hydrogens is 442 g/mol. The van der Waals surface area contributed by atoms with Gasteiger partial charge in [0.15, 0.2) is 0 Å². The summed E-state index contributed by atoms with van der Waals surface area (Å²) >= 11 is 0. The van der Waals surface area contributed by atoms with Crippen molar-refractivity contribution in [3.05, 3.63) is 87.6 Å². The Hall–Kier alpha value is -4.44. The smallest absolute Gasteiger partial charge is 0.338 e. The van der Waals surface area contributed by atoms with Crippen LogP contribution in [0.5, 0.6) is 5.75 Å². The number of methoxy groups -OCH3 is 2. The fourth-order valence-corrected chi connectivity index (χ4v) is 4.04. The van der Waals surface area contributed by atoms with Crippen molar-refractivity contribution in [3.8, 4) is 11.8 Å². The third-order valence-electron chi connectivity index (χ3n) is 5.76. The molecule has 0 bridgehead atoms. The van der Waals surface area contributed by atoms with Crippen LogP contribution in [0.1, 0.15) is 52.1 Å². The van der Waals surface area contributed by atoms with E-state index in [-0.39, 0.29) is 11.1 Å². The monoisotopic (exact) mass is 469 g/mol. The molecule has 0 aromatic heterocycles. The zero-order valence-electron chi connectivity index (χ0n) is 20.4. The second kappa shape index (κ2) is 11.1. The van der Waals surface area contributed by atoms with Gasteiger partial charge in [0, 0.05) is 31.0 Å². The van der Waals surface area contributed by atoms with Crippen LogP contribution in [0.4, 0.5) is 0 Å². The number of hydrogen-bond donors (Lipinski definition) is 1. The van der Waals surface area contributed by atoms with Gasteiger partial charge in [0.25, 0.3) is 5.91 Å². The van der Waals surface area contributed by atoms with Gasteiger partial charge in [0.2, 0.25) is 0 Å². The Kier molecular flexibility index (Phi) is 8.00. The van der Waals surface area contributed by atoms with Crippen LogP contribution >= 0.6 is 0 Å². The molecule has 0 spiro atoms. The summed E-state index contributed by atoms with van der Waals surface area (Å²) in [5.74, 6) is -0.407. The van der Waals surface area contributed by atoms with E-state index >= 15 is 0 Å². The van der Waals surface area contributed by atoms with Gasteiger partial charge in [-0.05, 0) is 54.8 Å². The van der Waals surface area contributed by atoms with Crippen molar-refractivity contribution in [2.24, 2.45) is 4.99 Å². The van der Waals surface area contributed by atoms with E-state index < -0.39 is 11.9 Å². The molecule has 1 aliphatic rings. The second-order valence-corrected chi connectivity index (χ2v) is 7.86. The first-order valence-electron chi connectivity index (χ1n) is 11.0. The number of allylic oxidation sites excluding steroid dienone is 5. The number of aliphatic imine (C=N–C) groups is 1. The molecule has 0 heterocycles. The highest BCUT2D eigenvalue weighted by Gasteiger charge is 2.27. The summed E-state index contributed by atoms with van der Waals surface area (Å²) in [6, 6.07) is 14.6. The van der Waals surface area contributed by atoms with Crippen molar-refractivity contribution in [3.63, 3.8) is 0 Å². The quantitative estimate of drug-likeness (QED) is 0.456. The van der Waals surface area contributed by atoms with Crippen molar-refractivity contribution >= 4 is 29.2 Å². The number of hydrogen-bond acceptors (Lipinski definition) is 6. The predicted molar refractivity (Wildman–Crippen MR) is 136 cm³/mol. The fraction of sp³-hybridized carbons (Fsp3) is 0.214. The second-order valence-electron chi connectivity index (χ2n) is 7.86. The summed E-state index contributed by atoms with van der Waals surface area (Å²) in [6.07, 6.45) is 3.95. The SMILES string of the molecule is C/C=C(\C=N/C)c1ccc(C(=O)NC2=C(C#N)C(c3ccc(OC)cc3)=C(C)C2)c(C(=O)OC)c1. The summed E-state index contributed by atoms with van der Waals surface area (Å²) in [7, 11) is 4.52. The Morgan fingerprint density at radius 1 is 1.11 bits per heavy atom. The first kappa shape index (κ1) is 25.2. The summed E-state index contributed by atoms with van der Waals surface area (Å²) in [6.45, 7) is 3.79. The summed E-state index contributed by atoms with van der Waals surface area (Å²) < 4.78 is 10.1. The molecule has 1 amide bonds. The van der Waals surface area contributed by atoms with Crippen LogP contribution in [0.2, 0.25) is 0 Å². The van der Waals surface area contributed by atoms with Gasteiger partial charge in [0.05, 0.1) is 30.9 Å². The van der Waals surface area contributed by atoms with Crippen LogP contribution in [-0.2, 0) is 4.74 Å². The summed E-state index contributed by atoms with van der Waals surface area (Å²) in [5, 5.41) is 12.8. The average Bonchev–Trinajstić information content (AvgIpc) is 3.20. The highest BCUT2D eigenvalue weighted by molar-refractivity contribution is 6.12. The number of carbonyl (C=O) groups is 2. The number of esters is 1. The third kappa shape index (κ3) is 5.22. The Labute approximate surface area is 205 Å². The number of ether oxygens (including phenoxy) is 2. The molecule has 1 aliphatic carbocycles. The van der Waals surface area contributed by atoms with Gasteiger partial charge in [0.1, 0.15) is 11.8 Å². The Morgan fingerprint density at radius 2 is 1.83 bits per heavy atom. The maximum absolute atomic E-state index is 13.3. The van der Waals surface area contributed by atoms with E-state index in [9.17, 15) is 14.9 Å². The molecule has 0 radical (unpaired) electrons. The van der Waals surface area contributed by atoms with Crippen molar-refractivity contribution in [1.29, 1.82) is 5.26 Å². The maximum atomic E-state index is 13.3. The molecule has 1 N–H and O–H groups in total. The highest BCUT2D eigenvalue weighted by atomic mass is 16.5. The van der Waals surface area contributed by atoms with Crippen LogP contribution in [0.15, 0.2) is 70.4 Å². The fourth-order valence-electron chi connectivity index (χ4n) is 4.04. The standard InChI is InChI=1S/C28H27N3O4/c1-6-18(16-30-3)20-9-12-22(23(14-20)28(33)35-5)27(32)31-25-13-17(2)26(24(25)15-29)19-7-10-21(34-4)11-8-19/h6-12,14,16H,13H2,1-5H3,(H,31,32)/b18-6+,30-16-. The average molecular weight is 470 g/mol. The van der Waals surface area contributed by atoms with E-state index in [1.54, 1.807) is 38.6 Å². The van der Waals surface area contributed by atoms with Gasteiger partial charge in [-0.25, -0.2) is 4.79 Å². The minimum absolute atomic E-state index is 0.128. The molecule has 2 aromatic rings. The molecule has 0 fully saturated rings. The molecule has 7 heteroatoms. The molecule has 0 atom stereocenters. The molecule has 0 unspecified atom stereocenters. The molecule has 7 nitrogen and oxygen atoms in total. The highest BCUT2D eigenvalue weighted by Crippen LogP contribution is 2.38. The number of benzene rings is 2. The Balaban J connectivity index is 1.98. The van der Waals surface area contributed by atoms with Crippen molar-refractivity contribution in [2.45, 2.75) is 20.3 Å². The minimum atomic E-state index is -0.630. The molecule has 3 rings (SSSR count). The van der Waals surface area contributed by atoms with Gasteiger partial charge in [-0.15, -0.1) is 0 Å². The van der Waals surface area contributed by atoms with E-state index in [0.29, 0.717) is 23.4 Å². The van der Waals surface area contributed by atoms with E-state index in [1.165, 1.54) is 7.11 Å². The lowest BCUT2D eigenvalue weighted by molar-refractivity contribution is 0.0596. The van der Waals surface area contributed by atoms with Gasteiger partial charge >= 0.3 is 5.97 Å². The molecule has 2 aromatic carbocycles. The van der Waals surface area contributed by atoms with Gasteiger partial charge in [-0.2, -0.15) is 5.26 Å². The number of rotatable bonds is 7. The van der Waals surface area contributed by atoms with Gasteiger partial charge in [-0.3, -0.25) is 9.79 Å². The lowest BCUT2D eigenvalue weighted by Gasteiger charge is -2.13. The van der Waals surface area contributed by atoms with Crippen LogP contribution in [0, 0.1) is 11.3 Å². The lowest BCUT2D eigenvalue weighted by atomic mass is 9.98. The van der Waals surface area contributed by atoms with Gasteiger partial charge in [-0.1, -0.05) is 29.8 Å². The number of nitrogens with one attached hydrogen (secondary N) is 1. The molecule has 0 saturated heterocycles. The van der Waals surface area contributed by atoms with Crippen molar-refractivity contribution in [2.75, 3.05) is 21.3 Å². The number of carbonyl (C=O) groups excluding carboxylic acids is 2. The molecule has 35 heavy (non-hydrogen) atoms. The molecule has 0 saturated carbocycles. The summed E-state index contributed by atoms with van der Waals surface area (Å²) in [4.78, 5) is 29.8. The zero-order chi connectivity index (χ0) is 25.5. The Bertz CT molecular complexity index is 1320. The molecular formula is C28H27N3O4. The largest absolute Gasteiger partial charge is 0.497 e. The Morgan fingerprint density at radius 3 is 2.40 bits per heavy atom. The van der Waals surface area contributed by atoms with Crippen LogP contribution in [0.25, 0.3) is 11.1 Å². The van der Waals surface area contributed by atoms with Crippen molar-refractivity contribution < 1.29 is 19.1 Å². The summed E-state index contributed by atoms with van der Waals surface area (Å²) in [5.41, 5.74) is 5.31. The van der Waals surface area contributed by atoms with E-state index in [4.69, 9.17) is 9.47 Å². The minimum Gasteiger partial charge on any atom is -0.497 e. The normalized spacial score (nSPS) is 13.8. The number of nitriles is 1. The first-order valence-corrected chi connectivity index (χ1v) is 11.0. The van der Waals surface area contributed by atoms with Crippen LogP contribution in [-0.4, -0.2) is 39.4 Å². The van der Waals surface area contributed by atoms with Crippen molar-refractivity contribution in [1.82, 2.24) is 5.32 Å². The number of nitrogens with zero attached hydrogens (tertiary/aromatic N) is 2. The van der Waals surface area contributed by atoms with Crippen LogP contribution < -0.4 is 10.1 Å². The topological polar surface area (TPSA) is 101 Å². The van der Waals surface area contributed by atoms with E-state index in [2.05, 4.69) is 16.4 Å². The lowest BCUT2D eigenvalue weighted by Crippen LogP contribution is -2.25. The molecule has 0 aliphatic heterocycles. The van der Waals surface area contributed by atoms with Gasteiger partial charge < -0.3 is 14.8 Å². The predicted octanol–water partition coefficient (Wildman–Crippen LogP) is 4.97. The maximum Gasteiger partial charge on any atom is 0.338 e. The first-order chi connectivity index (χ1) is 16.9. The number of amides is 1. The van der Waals surface area contributed by atoms with Crippen LogP contribution in [0.3, 0.4) is 0 Å². The van der Waals surface area contributed by atoms with E-state index in [0.717, 1.165) is 27.8 Å².